The van der Waals surface area contributed by atoms with Crippen LogP contribution in [0.2, 0.25) is 0 Å². The summed E-state index contributed by atoms with van der Waals surface area (Å²) in [6.07, 6.45) is -8.35. The molecule has 1 aliphatic heterocycles. The van der Waals surface area contributed by atoms with Crippen LogP contribution in [0, 0.1) is 13.8 Å². The number of nitrogens with zero attached hydrogens (tertiary/aromatic N) is 4. The number of halogens is 5. The van der Waals surface area contributed by atoms with Crippen molar-refractivity contribution in [3.63, 3.8) is 0 Å². The first-order valence-electron chi connectivity index (χ1n) is 8.93. The zero-order chi connectivity index (χ0) is 22.6. The monoisotopic (exact) mass is 443 g/mol. The molecule has 0 spiro atoms. The van der Waals surface area contributed by atoms with Crippen LogP contribution >= 0.6 is 0 Å². The molecule has 0 saturated heterocycles. The van der Waals surface area contributed by atoms with E-state index >= 15 is 0 Å². The lowest BCUT2D eigenvalue weighted by Gasteiger charge is -2.10. The molecule has 4 rings (SSSR count). The molecule has 1 N–H and O–H groups in total. The maximum atomic E-state index is 13.1. The van der Waals surface area contributed by atoms with Gasteiger partial charge in [-0.1, -0.05) is 0 Å². The largest absolute Gasteiger partial charge is 0.586 e. The van der Waals surface area contributed by atoms with Crippen molar-refractivity contribution in [2.75, 3.05) is 5.32 Å². The molecule has 13 heteroatoms. The number of hydrogen-bond donors (Lipinski definition) is 1. The van der Waals surface area contributed by atoms with Crippen LogP contribution in [-0.2, 0) is 17.4 Å². The molecule has 8 nitrogen and oxygen atoms in total. The Kier molecular flexibility index (Phi) is 4.70. The summed E-state index contributed by atoms with van der Waals surface area (Å²) >= 11 is 0. The molecule has 0 atom stereocenters. The van der Waals surface area contributed by atoms with E-state index in [0.717, 1.165) is 4.52 Å². The molecule has 0 radical (unpaired) electrons. The minimum absolute atomic E-state index is 0.0414. The van der Waals surface area contributed by atoms with Crippen LogP contribution in [0.3, 0.4) is 0 Å². The van der Waals surface area contributed by atoms with Gasteiger partial charge in [-0.25, -0.2) is 9.50 Å². The number of amides is 1. The molecule has 0 fully saturated rings. The fourth-order valence-corrected chi connectivity index (χ4v) is 3.18. The molecular weight excluding hydrogens is 429 g/mol. The number of fused-ring (bicyclic) bond motifs is 2. The van der Waals surface area contributed by atoms with Gasteiger partial charge in [0.2, 0.25) is 5.91 Å². The second-order valence-corrected chi connectivity index (χ2v) is 6.78. The number of alkyl halides is 5. The minimum atomic E-state index is -4.71. The summed E-state index contributed by atoms with van der Waals surface area (Å²) in [6.45, 7) is 3.15. The van der Waals surface area contributed by atoms with Gasteiger partial charge in [0, 0.05) is 29.6 Å². The van der Waals surface area contributed by atoms with Gasteiger partial charge in [0.25, 0.3) is 11.6 Å². The zero-order valence-corrected chi connectivity index (χ0v) is 16.0. The Morgan fingerprint density at radius 1 is 1.16 bits per heavy atom. The third kappa shape index (κ3) is 4.07. The van der Waals surface area contributed by atoms with E-state index in [1.165, 1.54) is 18.2 Å². The van der Waals surface area contributed by atoms with E-state index in [2.05, 4.69) is 29.9 Å². The van der Waals surface area contributed by atoms with Gasteiger partial charge in [0.15, 0.2) is 11.5 Å². The van der Waals surface area contributed by atoms with Gasteiger partial charge >= 0.3 is 12.5 Å². The molecule has 31 heavy (non-hydrogen) atoms. The number of hydrogen-bond acceptors (Lipinski definition) is 6. The predicted molar refractivity (Wildman–Crippen MR) is 94.9 cm³/mol. The third-order valence-corrected chi connectivity index (χ3v) is 4.59. The van der Waals surface area contributed by atoms with Crippen molar-refractivity contribution >= 4 is 17.4 Å². The average molecular weight is 443 g/mol. The molecule has 3 aromatic rings. The lowest BCUT2D eigenvalue weighted by atomic mass is 10.1. The second-order valence-electron chi connectivity index (χ2n) is 6.78. The van der Waals surface area contributed by atoms with Crippen molar-refractivity contribution in [1.82, 2.24) is 19.6 Å². The van der Waals surface area contributed by atoms with E-state index in [9.17, 15) is 26.7 Å². The Hall–Kier alpha value is -3.51. The molecule has 0 bridgehead atoms. The van der Waals surface area contributed by atoms with E-state index < -0.39 is 24.2 Å². The highest BCUT2D eigenvalue weighted by atomic mass is 19.4. The summed E-state index contributed by atoms with van der Waals surface area (Å²) in [6, 6.07) is 3.81. The molecule has 2 aromatic heterocycles. The standard InChI is InChI=1S/C18H14F5N5O3/c1-8-11(9(2)28-16(24-8)26-15(27-28)17(19,20)21)4-6-14(29)25-10-3-5-12-13(7-10)31-18(22,23)30-12/h3,5,7H,4,6H2,1-2H3,(H,25,29). The zero-order valence-electron chi connectivity index (χ0n) is 16.0. The Morgan fingerprint density at radius 3 is 2.58 bits per heavy atom. The Morgan fingerprint density at radius 2 is 1.87 bits per heavy atom. The number of benzene rings is 1. The number of rotatable bonds is 4. The summed E-state index contributed by atoms with van der Waals surface area (Å²) in [5.74, 6) is -2.30. The second kappa shape index (κ2) is 7.03. The summed E-state index contributed by atoms with van der Waals surface area (Å²) in [7, 11) is 0. The van der Waals surface area contributed by atoms with Crippen LogP contribution in [0.25, 0.3) is 5.78 Å². The van der Waals surface area contributed by atoms with Gasteiger partial charge in [-0.3, -0.25) is 4.79 Å². The maximum absolute atomic E-state index is 13.1. The Bertz CT molecular complexity index is 1190. The fraction of sp³-hybridized carbons (Fsp3) is 0.333. The van der Waals surface area contributed by atoms with Crippen LogP contribution in [-0.4, -0.2) is 31.8 Å². The van der Waals surface area contributed by atoms with Crippen molar-refractivity contribution in [2.45, 2.75) is 39.2 Å². The summed E-state index contributed by atoms with van der Waals surface area (Å²) in [4.78, 5) is 19.7. The first kappa shape index (κ1) is 20.8. The van der Waals surface area contributed by atoms with Gasteiger partial charge in [0.1, 0.15) is 0 Å². The summed E-state index contributed by atoms with van der Waals surface area (Å²) in [5.41, 5.74) is 1.57. The topological polar surface area (TPSA) is 90.6 Å². The first-order valence-corrected chi connectivity index (χ1v) is 8.93. The lowest BCUT2D eigenvalue weighted by Crippen LogP contribution is -2.25. The van der Waals surface area contributed by atoms with Gasteiger partial charge in [-0.15, -0.1) is 13.9 Å². The number of aromatic nitrogens is 4. The average Bonchev–Trinajstić information content (AvgIpc) is 3.20. The molecular formula is C18H14F5N5O3. The number of carbonyl (C=O) groups excluding carboxylic acids is 1. The van der Waals surface area contributed by atoms with Crippen LogP contribution in [0.4, 0.5) is 27.6 Å². The van der Waals surface area contributed by atoms with E-state index in [-0.39, 0.29) is 35.8 Å². The lowest BCUT2D eigenvalue weighted by molar-refractivity contribution is -0.286. The Labute approximate surface area is 171 Å². The SMILES string of the molecule is Cc1nc2nc(C(F)(F)F)nn2c(C)c1CCC(=O)Nc1ccc2c(c1)OC(F)(F)O2. The van der Waals surface area contributed by atoms with E-state index in [1.807, 2.05) is 0 Å². The maximum Gasteiger partial charge on any atom is 0.586 e. The Balaban J connectivity index is 1.47. The normalized spacial score (nSPS) is 14.8. The number of aryl methyl sites for hydroxylation is 2. The summed E-state index contributed by atoms with van der Waals surface area (Å²) in [5, 5.41) is 6.00. The quantitative estimate of drug-likeness (QED) is 0.619. The predicted octanol–water partition coefficient (Wildman–Crippen LogP) is 3.65. The number of ether oxygens (including phenoxy) is 2. The molecule has 1 amide bonds. The van der Waals surface area contributed by atoms with Crippen LogP contribution in [0.5, 0.6) is 11.5 Å². The smallest absolute Gasteiger partial charge is 0.395 e. The highest BCUT2D eigenvalue weighted by molar-refractivity contribution is 5.91. The molecule has 1 aliphatic rings. The molecule has 0 unspecified atom stereocenters. The number of anilines is 1. The van der Waals surface area contributed by atoms with Gasteiger partial charge < -0.3 is 14.8 Å². The van der Waals surface area contributed by atoms with Crippen molar-refractivity contribution in [2.24, 2.45) is 0 Å². The van der Waals surface area contributed by atoms with Crippen molar-refractivity contribution in [1.29, 1.82) is 0 Å². The molecule has 1 aromatic carbocycles. The van der Waals surface area contributed by atoms with Crippen molar-refractivity contribution < 1.29 is 36.2 Å². The van der Waals surface area contributed by atoms with Gasteiger partial charge in [-0.05, 0) is 38.0 Å². The minimum Gasteiger partial charge on any atom is -0.395 e. The highest BCUT2D eigenvalue weighted by Gasteiger charge is 2.43. The molecule has 3 heterocycles. The van der Waals surface area contributed by atoms with E-state index in [1.54, 1.807) is 13.8 Å². The summed E-state index contributed by atoms with van der Waals surface area (Å²) < 4.78 is 74.4. The fourth-order valence-electron chi connectivity index (χ4n) is 3.18. The van der Waals surface area contributed by atoms with Gasteiger partial charge in [-0.2, -0.15) is 18.2 Å². The van der Waals surface area contributed by atoms with Gasteiger partial charge in [0.05, 0.1) is 0 Å². The third-order valence-electron chi connectivity index (χ3n) is 4.59. The van der Waals surface area contributed by atoms with Crippen LogP contribution in [0.1, 0.15) is 29.2 Å². The van der Waals surface area contributed by atoms with E-state index in [4.69, 9.17) is 0 Å². The van der Waals surface area contributed by atoms with Crippen LogP contribution in [0.15, 0.2) is 18.2 Å². The molecule has 164 valence electrons. The highest BCUT2D eigenvalue weighted by Crippen LogP contribution is 2.42. The van der Waals surface area contributed by atoms with Crippen molar-refractivity contribution in [3.8, 4) is 11.5 Å². The first-order chi connectivity index (χ1) is 14.4. The molecule has 0 aliphatic carbocycles. The van der Waals surface area contributed by atoms with Crippen molar-refractivity contribution in [3.05, 3.63) is 41.0 Å². The van der Waals surface area contributed by atoms with E-state index in [0.29, 0.717) is 17.0 Å². The number of carbonyl (C=O) groups is 1. The molecule has 0 saturated carbocycles. The van der Waals surface area contributed by atoms with Crippen LogP contribution < -0.4 is 14.8 Å². The number of nitrogens with one attached hydrogen (secondary N) is 1.